The number of aryl methyl sites for hydroxylation is 1. The van der Waals surface area contributed by atoms with Crippen LogP contribution in [0, 0.1) is 18.3 Å². The summed E-state index contributed by atoms with van der Waals surface area (Å²) < 4.78 is 0. The molecule has 1 N–H and O–H groups in total. The number of hydrogen-bond donors (Lipinski definition) is 1. The van der Waals surface area contributed by atoms with Crippen LogP contribution in [0.2, 0.25) is 0 Å². The van der Waals surface area contributed by atoms with Gasteiger partial charge in [-0.15, -0.1) is 11.3 Å². The summed E-state index contributed by atoms with van der Waals surface area (Å²) in [6.07, 6.45) is 1.63. The lowest BCUT2D eigenvalue weighted by atomic mass is 10.2. The van der Waals surface area contributed by atoms with Crippen molar-refractivity contribution in [2.75, 3.05) is 5.32 Å². The van der Waals surface area contributed by atoms with Crippen molar-refractivity contribution in [1.82, 2.24) is 9.97 Å². The molecule has 0 saturated carbocycles. The van der Waals surface area contributed by atoms with Crippen LogP contribution >= 0.6 is 11.3 Å². The van der Waals surface area contributed by atoms with Crippen molar-refractivity contribution in [3.8, 4) is 6.07 Å². The van der Waals surface area contributed by atoms with Gasteiger partial charge in [-0.1, -0.05) is 0 Å². The lowest BCUT2D eigenvalue weighted by Crippen LogP contribution is -2.07. The van der Waals surface area contributed by atoms with Gasteiger partial charge in [0, 0.05) is 17.3 Å². The van der Waals surface area contributed by atoms with E-state index in [1.165, 1.54) is 0 Å². The molecule has 2 rings (SSSR count). The molecule has 5 heteroatoms. The number of nitrogens with zero attached hydrogens (tertiary/aromatic N) is 3. The molecule has 2 aromatic heterocycles. The van der Waals surface area contributed by atoms with E-state index >= 15 is 0 Å². The van der Waals surface area contributed by atoms with Crippen LogP contribution in [0.5, 0.6) is 0 Å². The third kappa shape index (κ3) is 2.80. The van der Waals surface area contributed by atoms with E-state index in [2.05, 4.69) is 21.4 Å². The molecule has 1 unspecified atom stereocenters. The standard InChI is InChI=1S/C12H12N4S/c1-8-7-17-12(15-8)9(2)16-11-5-10(6-13)3-4-14-11/h3-5,7,9H,1-2H3,(H,14,16). The molecule has 0 aliphatic carbocycles. The van der Waals surface area contributed by atoms with Gasteiger partial charge in [0.2, 0.25) is 0 Å². The molecule has 86 valence electrons. The highest BCUT2D eigenvalue weighted by molar-refractivity contribution is 7.09. The van der Waals surface area contributed by atoms with Crippen molar-refractivity contribution in [2.24, 2.45) is 0 Å². The maximum Gasteiger partial charge on any atom is 0.127 e. The third-order valence-corrected chi connectivity index (χ3v) is 3.41. The van der Waals surface area contributed by atoms with E-state index in [-0.39, 0.29) is 6.04 Å². The molecule has 2 heterocycles. The van der Waals surface area contributed by atoms with Crippen molar-refractivity contribution in [2.45, 2.75) is 19.9 Å². The summed E-state index contributed by atoms with van der Waals surface area (Å²) in [4.78, 5) is 8.59. The quantitative estimate of drug-likeness (QED) is 0.901. The SMILES string of the molecule is Cc1csc(C(C)Nc2cc(C#N)ccn2)n1. The summed E-state index contributed by atoms with van der Waals surface area (Å²) in [6, 6.07) is 5.60. The van der Waals surface area contributed by atoms with Crippen molar-refractivity contribution in [3.05, 3.63) is 40.0 Å². The molecule has 4 nitrogen and oxygen atoms in total. The smallest absolute Gasteiger partial charge is 0.127 e. The molecule has 0 saturated heterocycles. The van der Waals surface area contributed by atoms with Crippen LogP contribution in [0.3, 0.4) is 0 Å². The van der Waals surface area contributed by atoms with E-state index < -0.39 is 0 Å². The van der Waals surface area contributed by atoms with Crippen LogP contribution < -0.4 is 5.32 Å². The van der Waals surface area contributed by atoms with E-state index in [9.17, 15) is 0 Å². The fourth-order valence-electron chi connectivity index (χ4n) is 1.43. The van der Waals surface area contributed by atoms with Gasteiger partial charge in [-0.05, 0) is 26.0 Å². The van der Waals surface area contributed by atoms with Gasteiger partial charge < -0.3 is 5.32 Å². The summed E-state index contributed by atoms with van der Waals surface area (Å²) in [6.45, 7) is 4.00. The van der Waals surface area contributed by atoms with Crippen LogP contribution in [0.25, 0.3) is 0 Å². The number of hydrogen-bond acceptors (Lipinski definition) is 5. The number of aromatic nitrogens is 2. The largest absolute Gasteiger partial charge is 0.361 e. The normalized spacial score (nSPS) is 11.8. The Kier molecular flexibility index (Phi) is 3.35. The lowest BCUT2D eigenvalue weighted by molar-refractivity contribution is 0.855. The van der Waals surface area contributed by atoms with E-state index in [0.717, 1.165) is 10.7 Å². The summed E-state index contributed by atoms with van der Waals surface area (Å²) in [5.74, 6) is 0.699. The molecule has 0 aromatic carbocycles. The molecule has 0 aliphatic heterocycles. The molecule has 0 spiro atoms. The summed E-state index contributed by atoms with van der Waals surface area (Å²) in [5.41, 5.74) is 1.63. The number of nitriles is 1. The minimum atomic E-state index is 0.0927. The van der Waals surface area contributed by atoms with Crippen molar-refractivity contribution in [1.29, 1.82) is 5.26 Å². The van der Waals surface area contributed by atoms with E-state index in [1.807, 2.05) is 19.2 Å². The third-order valence-electron chi connectivity index (χ3n) is 2.26. The molecule has 0 amide bonds. The minimum absolute atomic E-state index is 0.0927. The molecule has 1 atom stereocenters. The summed E-state index contributed by atoms with van der Waals surface area (Å²) in [7, 11) is 0. The van der Waals surface area contributed by atoms with Crippen LogP contribution in [-0.2, 0) is 0 Å². The van der Waals surface area contributed by atoms with Gasteiger partial charge in [0.15, 0.2) is 0 Å². The van der Waals surface area contributed by atoms with Gasteiger partial charge in [-0.2, -0.15) is 5.26 Å². The highest BCUT2D eigenvalue weighted by Crippen LogP contribution is 2.21. The first-order chi connectivity index (χ1) is 8.19. The Morgan fingerprint density at radius 1 is 1.53 bits per heavy atom. The molecule has 2 aromatic rings. The van der Waals surface area contributed by atoms with E-state index in [0.29, 0.717) is 11.4 Å². The van der Waals surface area contributed by atoms with Crippen LogP contribution in [0.4, 0.5) is 5.82 Å². The zero-order chi connectivity index (χ0) is 12.3. The Morgan fingerprint density at radius 2 is 2.35 bits per heavy atom. The van der Waals surface area contributed by atoms with Crippen LogP contribution in [0.15, 0.2) is 23.7 Å². The van der Waals surface area contributed by atoms with Crippen molar-refractivity contribution in [3.63, 3.8) is 0 Å². The topological polar surface area (TPSA) is 61.6 Å². The Labute approximate surface area is 104 Å². The lowest BCUT2D eigenvalue weighted by Gasteiger charge is -2.11. The first-order valence-corrected chi connectivity index (χ1v) is 6.11. The Morgan fingerprint density at radius 3 is 3.00 bits per heavy atom. The number of thiazole rings is 1. The van der Waals surface area contributed by atoms with Crippen LogP contribution in [0.1, 0.15) is 29.2 Å². The molecule has 17 heavy (non-hydrogen) atoms. The second-order valence-electron chi connectivity index (χ2n) is 3.73. The molecule has 0 fully saturated rings. The Hall–Kier alpha value is -1.93. The Bertz CT molecular complexity index is 556. The number of pyridine rings is 1. The Balaban J connectivity index is 2.13. The number of nitrogens with one attached hydrogen (secondary N) is 1. The average Bonchev–Trinajstić information content (AvgIpc) is 2.76. The minimum Gasteiger partial charge on any atom is -0.361 e. The van der Waals surface area contributed by atoms with Crippen LogP contribution in [-0.4, -0.2) is 9.97 Å². The van der Waals surface area contributed by atoms with Gasteiger partial charge in [-0.25, -0.2) is 9.97 Å². The number of anilines is 1. The maximum atomic E-state index is 8.80. The van der Waals surface area contributed by atoms with Gasteiger partial charge in [-0.3, -0.25) is 0 Å². The highest BCUT2D eigenvalue weighted by atomic mass is 32.1. The average molecular weight is 244 g/mol. The molecule has 0 bridgehead atoms. The monoisotopic (exact) mass is 244 g/mol. The highest BCUT2D eigenvalue weighted by Gasteiger charge is 2.09. The van der Waals surface area contributed by atoms with Gasteiger partial charge >= 0.3 is 0 Å². The van der Waals surface area contributed by atoms with Gasteiger partial charge in [0.05, 0.1) is 17.7 Å². The zero-order valence-corrected chi connectivity index (χ0v) is 10.5. The van der Waals surface area contributed by atoms with E-state index in [4.69, 9.17) is 5.26 Å². The fraction of sp³-hybridized carbons (Fsp3) is 0.250. The second kappa shape index (κ2) is 4.93. The molecule has 0 aliphatic rings. The predicted molar refractivity (Wildman–Crippen MR) is 67.8 cm³/mol. The van der Waals surface area contributed by atoms with Gasteiger partial charge in [0.25, 0.3) is 0 Å². The van der Waals surface area contributed by atoms with Crippen molar-refractivity contribution >= 4 is 17.2 Å². The molecule has 0 radical (unpaired) electrons. The first-order valence-electron chi connectivity index (χ1n) is 5.24. The molecular formula is C12H12N4S. The summed E-state index contributed by atoms with van der Waals surface area (Å²) in [5, 5.41) is 15.1. The zero-order valence-electron chi connectivity index (χ0n) is 9.64. The maximum absolute atomic E-state index is 8.80. The molecular weight excluding hydrogens is 232 g/mol. The number of rotatable bonds is 3. The van der Waals surface area contributed by atoms with Gasteiger partial charge in [0.1, 0.15) is 10.8 Å². The first kappa shape index (κ1) is 11.6. The second-order valence-corrected chi connectivity index (χ2v) is 4.62. The van der Waals surface area contributed by atoms with Crippen molar-refractivity contribution < 1.29 is 0 Å². The van der Waals surface area contributed by atoms with E-state index in [1.54, 1.807) is 29.7 Å². The fourth-order valence-corrected chi connectivity index (χ4v) is 2.24. The predicted octanol–water partition coefficient (Wildman–Crippen LogP) is 2.89. The summed E-state index contributed by atoms with van der Waals surface area (Å²) >= 11 is 1.62.